The summed E-state index contributed by atoms with van der Waals surface area (Å²) in [6.07, 6.45) is 3.82. The molecular formula is C21H24FN3O5S. The molecule has 0 saturated heterocycles. The maximum absolute atomic E-state index is 12.8. The molecule has 8 nitrogen and oxygen atoms in total. The molecule has 0 unspecified atom stereocenters. The van der Waals surface area contributed by atoms with Crippen molar-refractivity contribution in [1.29, 1.82) is 0 Å². The van der Waals surface area contributed by atoms with Gasteiger partial charge in [-0.1, -0.05) is 6.07 Å². The highest BCUT2D eigenvalue weighted by Crippen LogP contribution is 2.24. The van der Waals surface area contributed by atoms with Gasteiger partial charge in [-0.3, -0.25) is 20.4 Å². The Kier molecular flexibility index (Phi) is 7.59. The van der Waals surface area contributed by atoms with E-state index in [2.05, 4.69) is 15.6 Å². The fourth-order valence-corrected chi connectivity index (χ4v) is 4.26. The zero-order chi connectivity index (χ0) is 22.3. The van der Waals surface area contributed by atoms with Gasteiger partial charge in [0.25, 0.3) is 5.91 Å². The van der Waals surface area contributed by atoms with E-state index in [0.29, 0.717) is 5.75 Å². The topological polar surface area (TPSA) is 114 Å². The van der Waals surface area contributed by atoms with Crippen LogP contribution in [0.1, 0.15) is 30.4 Å². The van der Waals surface area contributed by atoms with E-state index in [9.17, 15) is 22.4 Å². The highest BCUT2D eigenvalue weighted by molar-refractivity contribution is 7.89. The van der Waals surface area contributed by atoms with Crippen LogP contribution in [0.15, 0.2) is 47.4 Å². The first-order chi connectivity index (χ1) is 14.8. The van der Waals surface area contributed by atoms with Gasteiger partial charge >= 0.3 is 0 Å². The lowest BCUT2D eigenvalue weighted by molar-refractivity contribution is -0.129. The van der Waals surface area contributed by atoms with Crippen LogP contribution in [0, 0.1) is 5.82 Å². The maximum Gasteiger partial charge on any atom is 0.276 e. The van der Waals surface area contributed by atoms with E-state index in [1.807, 2.05) is 6.07 Å². The third-order valence-corrected chi connectivity index (χ3v) is 6.26. The normalized spacial score (nSPS) is 13.2. The number of aryl methyl sites for hydroxylation is 2. The van der Waals surface area contributed by atoms with Gasteiger partial charge in [0.15, 0.2) is 6.61 Å². The Morgan fingerprint density at radius 2 is 1.61 bits per heavy atom. The van der Waals surface area contributed by atoms with Crippen molar-refractivity contribution in [2.45, 2.75) is 37.0 Å². The first kappa shape index (κ1) is 22.7. The average Bonchev–Trinajstić information content (AvgIpc) is 2.77. The molecule has 31 heavy (non-hydrogen) atoms. The molecule has 1 aliphatic carbocycles. The lowest BCUT2D eigenvalue weighted by Gasteiger charge is -2.16. The number of carbonyl (C=O) groups excluding carboxylic acids is 2. The van der Waals surface area contributed by atoms with Gasteiger partial charge in [-0.25, -0.2) is 17.5 Å². The first-order valence-corrected chi connectivity index (χ1v) is 11.4. The lowest BCUT2D eigenvalue weighted by atomic mass is 9.92. The van der Waals surface area contributed by atoms with Crippen molar-refractivity contribution in [2.24, 2.45) is 0 Å². The number of ether oxygens (including phenoxy) is 1. The van der Waals surface area contributed by atoms with Gasteiger partial charge in [0, 0.05) is 13.0 Å². The fraction of sp³-hybridized carbons (Fsp3) is 0.333. The molecule has 0 saturated carbocycles. The second-order valence-corrected chi connectivity index (χ2v) is 8.89. The Labute approximate surface area is 180 Å². The van der Waals surface area contributed by atoms with Crippen molar-refractivity contribution in [2.75, 3.05) is 13.2 Å². The van der Waals surface area contributed by atoms with Crippen LogP contribution in [-0.2, 0) is 32.5 Å². The summed E-state index contributed by atoms with van der Waals surface area (Å²) in [5.41, 5.74) is 6.58. The molecule has 0 spiro atoms. The minimum atomic E-state index is -3.73. The highest BCUT2D eigenvalue weighted by atomic mass is 32.2. The van der Waals surface area contributed by atoms with E-state index >= 15 is 0 Å². The average molecular weight is 450 g/mol. The second-order valence-electron chi connectivity index (χ2n) is 7.12. The molecule has 3 rings (SSSR count). The number of fused-ring (bicyclic) bond motifs is 1. The SMILES string of the molecule is O=C(CCNS(=O)(=O)c1ccc2c(c1)CCCC2)NNC(=O)COc1ccc(F)cc1. The zero-order valence-electron chi connectivity index (χ0n) is 16.8. The van der Waals surface area contributed by atoms with Crippen LogP contribution in [0.5, 0.6) is 5.75 Å². The van der Waals surface area contributed by atoms with Crippen molar-refractivity contribution in [3.05, 3.63) is 59.4 Å². The fourth-order valence-electron chi connectivity index (χ4n) is 3.18. The molecule has 0 radical (unpaired) electrons. The first-order valence-electron chi connectivity index (χ1n) is 9.91. The number of benzene rings is 2. The van der Waals surface area contributed by atoms with Crippen molar-refractivity contribution >= 4 is 21.8 Å². The number of nitrogens with one attached hydrogen (secondary N) is 3. The Morgan fingerprint density at radius 1 is 0.935 bits per heavy atom. The van der Waals surface area contributed by atoms with Crippen LogP contribution in [0.25, 0.3) is 0 Å². The smallest absolute Gasteiger partial charge is 0.276 e. The van der Waals surface area contributed by atoms with Gasteiger partial charge in [0.2, 0.25) is 15.9 Å². The van der Waals surface area contributed by atoms with Gasteiger partial charge < -0.3 is 4.74 Å². The molecular weight excluding hydrogens is 425 g/mol. The molecule has 2 amide bonds. The van der Waals surface area contributed by atoms with E-state index in [4.69, 9.17) is 4.74 Å². The summed E-state index contributed by atoms with van der Waals surface area (Å²) >= 11 is 0. The number of halogens is 1. The van der Waals surface area contributed by atoms with Gasteiger partial charge in [-0.2, -0.15) is 0 Å². The number of hydrogen-bond donors (Lipinski definition) is 3. The maximum atomic E-state index is 12.8. The van der Waals surface area contributed by atoms with Crippen molar-refractivity contribution < 1.29 is 27.1 Å². The third kappa shape index (κ3) is 6.76. The third-order valence-electron chi connectivity index (χ3n) is 4.80. The highest BCUT2D eigenvalue weighted by Gasteiger charge is 2.18. The van der Waals surface area contributed by atoms with E-state index < -0.39 is 27.7 Å². The summed E-state index contributed by atoms with van der Waals surface area (Å²) in [5.74, 6) is -1.30. The predicted molar refractivity (Wildman–Crippen MR) is 111 cm³/mol. The second kappa shape index (κ2) is 10.4. The molecule has 1 aliphatic rings. The summed E-state index contributed by atoms with van der Waals surface area (Å²) < 4.78 is 45.3. The lowest BCUT2D eigenvalue weighted by Crippen LogP contribution is -2.44. The Morgan fingerprint density at radius 3 is 2.35 bits per heavy atom. The molecule has 3 N–H and O–H groups in total. The Balaban J connectivity index is 1.38. The van der Waals surface area contributed by atoms with E-state index in [1.165, 1.54) is 29.8 Å². The largest absolute Gasteiger partial charge is 0.484 e. The van der Waals surface area contributed by atoms with Crippen LogP contribution >= 0.6 is 0 Å². The van der Waals surface area contributed by atoms with Crippen LogP contribution in [0.3, 0.4) is 0 Å². The standard InChI is InChI=1S/C21H24FN3O5S/c22-17-6-8-18(9-7-17)30-14-21(27)25-24-20(26)11-12-23-31(28,29)19-10-5-15-3-1-2-4-16(15)13-19/h5-10,13,23H,1-4,11-12,14H2,(H,24,26)(H,25,27). The predicted octanol–water partition coefficient (Wildman–Crippen LogP) is 1.60. The number of rotatable bonds is 8. The molecule has 0 aliphatic heterocycles. The number of carbonyl (C=O) groups is 2. The molecule has 166 valence electrons. The number of hydrogen-bond acceptors (Lipinski definition) is 5. The number of amides is 2. The molecule has 2 aromatic carbocycles. The minimum Gasteiger partial charge on any atom is -0.484 e. The number of sulfonamides is 1. The summed E-state index contributed by atoms with van der Waals surface area (Å²) in [6.45, 7) is -0.496. The molecule has 10 heteroatoms. The Bertz CT molecular complexity index is 1040. The Hall–Kier alpha value is -2.98. The van der Waals surface area contributed by atoms with Crippen LogP contribution in [-0.4, -0.2) is 33.4 Å². The van der Waals surface area contributed by atoms with Gasteiger partial charge in [0.1, 0.15) is 11.6 Å². The summed E-state index contributed by atoms with van der Waals surface area (Å²) in [5, 5.41) is 0. The minimum absolute atomic E-state index is 0.118. The van der Waals surface area contributed by atoms with Gasteiger partial charge in [-0.05, 0) is 73.2 Å². The molecule has 0 heterocycles. The molecule has 0 atom stereocenters. The quantitative estimate of drug-likeness (QED) is 0.530. The molecule has 2 aromatic rings. The molecule has 0 fully saturated rings. The van der Waals surface area contributed by atoms with Gasteiger partial charge in [0.05, 0.1) is 4.90 Å². The molecule has 0 aromatic heterocycles. The summed E-state index contributed by atoms with van der Waals surface area (Å²) in [6, 6.07) is 10.2. The van der Waals surface area contributed by atoms with E-state index in [0.717, 1.165) is 31.2 Å². The summed E-state index contributed by atoms with van der Waals surface area (Å²) in [7, 11) is -3.73. The summed E-state index contributed by atoms with van der Waals surface area (Å²) in [4.78, 5) is 23.7. The van der Waals surface area contributed by atoms with Crippen molar-refractivity contribution in [1.82, 2.24) is 15.6 Å². The van der Waals surface area contributed by atoms with Crippen LogP contribution < -0.4 is 20.3 Å². The van der Waals surface area contributed by atoms with Crippen molar-refractivity contribution in [3.63, 3.8) is 0 Å². The van der Waals surface area contributed by atoms with Crippen LogP contribution in [0.4, 0.5) is 4.39 Å². The van der Waals surface area contributed by atoms with E-state index in [-0.39, 0.29) is 24.5 Å². The van der Waals surface area contributed by atoms with E-state index in [1.54, 1.807) is 12.1 Å². The molecule has 0 bridgehead atoms. The zero-order valence-corrected chi connectivity index (χ0v) is 17.6. The number of hydrazine groups is 1. The monoisotopic (exact) mass is 449 g/mol. The van der Waals surface area contributed by atoms with Gasteiger partial charge in [-0.15, -0.1) is 0 Å². The van der Waals surface area contributed by atoms with Crippen LogP contribution in [0.2, 0.25) is 0 Å². The van der Waals surface area contributed by atoms with Crippen molar-refractivity contribution in [3.8, 4) is 5.75 Å².